The molecule has 1 aromatic carbocycles. The SMILES string of the molecule is CC(C)(C)C1CCN(c2cccc(N)c2)C1. The number of hydrogen-bond acceptors (Lipinski definition) is 2. The molecule has 0 bridgehead atoms. The fourth-order valence-electron chi connectivity index (χ4n) is 2.42. The smallest absolute Gasteiger partial charge is 0.0386 e. The Balaban J connectivity index is 2.09. The van der Waals surface area contributed by atoms with Crippen molar-refractivity contribution in [3.05, 3.63) is 24.3 Å². The molecular formula is C14H22N2. The van der Waals surface area contributed by atoms with E-state index in [0.717, 1.165) is 24.7 Å². The van der Waals surface area contributed by atoms with Crippen molar-refractivity contribution in [1.29, 1.82) is 0 Å². The Morgan fingerprint density at radius 3 is 2.62 bits per heavy atom. The van der Waals surface area contributed by atoms with Crippen LogP contribution >= 0.6 is 0 Å². The lowest BCUT2D eigenvalue weighted by atomic mass is 9.80. The fraction of sp³-hybridized carbons (Fsp3) is 0.571. The van der Waals surface area contributed by atoms with Crippen LogP contribution < -0.4 is 10.6 Å². The molecule has 0 saturated carbocycles. The van der Waals surface area contributed by atoms with Gasteiger partial charge in [-0.1, -0.05) is 26.8 Å². The van der Waals surface area contributed by atoms with Crippen LogP contribution in [-0.2, 0) is 0 Å². The molecule has 1 fully saturated rings. The van der Waals surface area contributed by atoms with Crippen LogP contribution in [0, 0.1) is 11.3 Å². The van der Waals surface area contributed by atoms with Crippen molar-refractivity contribution in [2.24, 2.45) is 11.3 Å². The molecule has 88 valence electrons. The highest BCUT2D eigenvalue weighted by Crippen LogP contribution is 2.35. The minimum absolute atomic E-state index is 0.412. The first-order valence-electron chi connectivity index (χ1n) is 6.07. The van der Waals surface area contributed by atoms with E-state index in [1.165, 1.54) is 12.1 Å². The van der Waals surface area contributed by atoms with Crippen LogP contribution in [0.2, 0.25) is 0 Å². The third-order valence-corrected chi connectivity index (χ3v) is 3.65. The molecule has 2 nitrogen and oxygen atoms in total. The van der Waals surface area contributed by atoms with E-state index in [-0.39, 0.29) is 0 Å². The van der Waals surface area contributed by atoms with E-state index in [1.807, 2.05) is 12.1 Å². The zero-order chi connectivity index (χ0) is 11.8. The molecule has 0 aromatic heterocycles. The normalized spacial score (nSPS) is 21.4. The molecular weight excluding hydrogens is 196 g/mol. The summed E-state index contributed by atoms with van der Waals surface area (Å²) in [4.78, 5) is 2.45. The molecule has 0 aliphatic carbocycles. The summed E-state index contributed by atoms with van der Waals surface area (Å²) in [5.74, 6) is 0.786. The van der Waals surface area contributed by atoms with Gasteiger partial charge in [0.1, 0.15) is 0 Å². The monoisotopic (exact) mass is 218 g/mol. The Morgan fingerprint density at radius 1 is 1.31 bits per heavy atom. The van der Waals surface area contributed by atoms with E-state index in [2.05, 4.69) is 37.8 Å². The molecule has 2 N–H and O–H groups in total. The van der Waals surface area contributed by atoms with Crippen molar-refractivity contribution in [3.63, 3.8) is 0 Å². The lowest BCUT2D eigenvalue weighted by molar-refractivity contribution is 0.263. The largest absolute Gasteiger partial charge is 0.399 e. The van der Waals surface area contributed by atoms with E-state index >= 15 is 0 Å². The second-order valence-electron chi connectivity index (χ2n) is 5.89. The molecule has 1 aliphatic rings. The van der Waals surface area contributed by atoms with Crippen molar-refractivity contribution >= 4 is 11.4 Å². The highest BCUT2D eigenvalue weighted by Gasteiger charge is 2.31. The number of benzene rings is 1. The maximum atomic E-state index is 5.82. The second-order valence-corrected chi connectivity index (χ2v) is 5.89. The van der Waals surface area contributed by atoms with Gasteiger partial charge in [0.25, 0.3) is 0 Å². The van der Waals surface area contributed by atoms with Crippen molar-refractivity contribution in [2.45, 2.75) is 27.2 Å². The molecule has 1 unspecified atom stereocenters. The fourth-order valence-corrected chi connectivity index (χ4v) is 2.42. The first kappa shape index (κ1) is 11.3. The summed E-state index contributed by atoms with van der Waals surface area (Å²) in [5.41, 5.74) is 8.36. The lowest BCUT2D eigenvalue weighted by Gasteiger charge is -2.27. The Labute approximate surface area is 98.4 Å². The Morgan fingerprint density at radius 2 is 2.06 bits per heavy atom. The molecule has 16 heavy (non-hydrogen) atoms. The number of rotatable bonds is 1. The van der Waals surface area contributed by atoms with Crippen LogP contribution in [0.5, 0.6) is 0 Å². The minimum atomic E-state index is 0.412. The van der Waals surface area contributed by atoms with Gasteiger partial charge in [0.2, 0.25) is 0 Å². The van der Waals surface area contributed by atoms with Crippen molar-refractivity contribution in [2.75, 3.05) is 23.7 Å². The summed E-state index contributed by atoms with van der Waals surface area (Å²) in [7, 11) is 0. The third kappa shape index (κ3) is 2.31. The van der Waals surface area contributed by atoms with Gasteiger partial charge in [-0.05, 0) is 36.0 Å². The standard InChI is InChI=1S/C14H22N2/c1-14(2,3)11-7-8-16(10-11)13-6-4-5-12(15)9-13/h4-6,9,11H,7-8,10,15H2,1-3H3. The maximum Gasteiger partial charge on any atom is 0.0386 e. The van der Waals surface area contributed by atoms with Gasteiger partial charge in [-0.15, -0.1) is 0 Å². The average Bonchev–Trinajstić information content (AvgIpc) is 2.65. The first-order valence-corrected chi connectivity index (χ1v) is 6.07. The zero-order valence-corrected chi connectivity index (χ0v) is 10.5. The quantitative estimate of drug-likeness (QED) is 0.734. The molecule has 2 heteroatoms. The predicted octanol–water partition coefficient (Wildman–Crippen LogP) is 3.14. The van der Waals surface area contributed by atoms with Crippen LogP contribution in [0.1, 0.15) is 27.2 Å². The number of nitrogens with zero attached hydrogens (tertiary/aromatic N) is 1. The van der Waals surface area contributed by atoms with Crippen molar-refractivity contribution in [1.82, 2.24) is 0 Å². The molecule has 0 spiro atoms. The predicted molar refractivity (Wildman–Crippen MR) is 70.6 cm³/mol. The summed E-state index contributed by atoms with van der Waals surface area (Å²) in [6, 6.07) is 8.21. The van der Waals surface area contributed by atoms with Gasteiger partial charge < -0.3 is 10.6 Å². The molecule has 1 aliphatic heterocycles. The highest BCUT2D eigenvalue weighted by atomic mass is 15.2. The minimum Gasteiger partial charge on any atom is -0.399 e. The van der Waals surface area contributed by atoms with Gasteiger partial charge in [-0.25, -0.2) is 0 Å². The van der Waals surface area contributed by atoms with Crippen LogP contribution in [-0.4, -0.2) is 13.1 Å². The van der Waals surface area contributed by atoms with Crippen LogP contribution in [0.15, 0.2) is 24.3 Å². The van der Waals surface area contributed by atoms with E-state index in [0.29, 0.717) is 5.41 Å². The molecule has 1 saturated heterocycles. The molecule has 0 radical (unpaired) electrons. The summed E-state index contributed by atoms with van der Waals surface area (Å²) in [6.07, 6.45) is 1.29. The molecule has 1 atom stereocenters. The van der Waals surface area contributed by atoms with Crippen LogP contribution in [0.25, 0.3) is 0 Å². The lowest BCUT2D eigenvalue weighted by Crippen LogP contribution is -2.25. The van der Waals surface area contributed by atoms with Gasteiger partial charge in [-0.2, -0.15) is 0 Å². The van der Waals surface area contributed by atoms with Crippen molar-refractivity contribution in [3.8, 4) is 0 Å². The summed E-state index contributed by atoms with van der Waals surface area (Å²) in [5, 5.41) is 0. The first-order chi connectivity index (χ1) is 7.47. The highest BCUT2D eigenvalue weighted by molar-refractivity contribution is 5.56. The van der Waals surface area contributed by atoms with Gasteiger partial charge in [0, 0.05) is 24.5 Å². The van der Waals surface area contributed by atoms with Gasteiger partial charge in [0.15, 0.2) is 0 Å². The van der Waals surface area contributed by atoms with Gasteiger partial charge in [-0.3, -0.25) is 0 Å². The molecule has 1 heterocycles. The molecule has 2 rings (SSSR count). The number of nitrogens with two attached hydrogens (primary N) is 1. The van der Waals surface area contributed by atoms with E-state index in [1.54, 1.807) is 0 Å². The number of nitrogen functional groups attached to an aromatic ring is 1. The Kier molecular flexibility index (Phi) is 2.83. The Hall–Kier alpha value is -1.18. The Bertz CT molecular complexity index is 365. The van der Waals surface area contributed by atoms with E-state index in [4.69, 9.17) is 5.73 Å². The summed E-state index contributed by atoms with van der Waals surface area (Å²) in [6.45, 7) is 9.32. The van der Waals surface area contributed by atoms with Crippen LogP contribution in [0.4, 0.5) is 11.4 Å². The second kappa shape index (κ2) is 4.00. The maximum absolute atomic E-state index is 5.82. The van der Waals surface area contributed by atoms with Gasteiger partial charge in [0.05, 0.1) is 0 Å². The van der Waals surface area contributed by atoms with E-state index in [9.17, 15) is 0 Å². The van der Waals surface area contributed by atoms with E-state index < -0.39 is 0 Å². The number of anilines is 2. The molecule has 1 aromatic rings. The summed E-state index contributed by atoms with van der Waals surface area (Å²) < 4.78 is 0. The number of hydrogen-bond donors (Lipinski definition) is 1. The van der Waals surface area contributed by atoms with Gasteiger partial charge >= 0.3 is 0 Å². The topological polar surface area (TPSA) is 29.3 Å². The van der Waals surface area contributed by atoms with Crippen molar-refractivity contribution < 1.29 is 0 Å². The molecule has 0 amide bonds. The van der Waals surface area contributed by atoms with Crippen LogP contribution in [0.3, 0.4) is 0 Å². The zero-order valence-electron chi connectivity index (χ0n) is 10.5. The summed E-state index contributed by atoms with van der Waals surface area (Å²) >= 11 is 0. The average molecular weight is 218 g/mol. The third-order valence-electron chi connectivity index (χ3n) is 3.65.